The van der Waals surface area contributed by atoms with Gasteiger partial charge in [-0.05, 0) is 24.5 Å². The summed E-state index contributed by atoms with van der Waals surface area (Å²) >= 11 is 0. The molecule has 0 aliphatic rings. The first-order valence-electron chi connectivity index (χ1n) is 5.55. The maximum absolute atomic E-state index is 5.84. The zero-order chi connectivity index (χ0) is 12.2. The van der Waals surface area contributed by atoms with Gasteiger partial charge in [-0.15, -0.1) is 0 Å². The number of anilines is 1. The van der Waals surface area contributed by atoms with Crippen LogP contribution < -0.4 is 11.1 Å². The molecule has 1 rings (SSSR count). The Bertz CT molecular complexity index is 349. The topological polar surface area (TPSA) is 50.4 Å². The van der Waals surface area contributed by atoms with Crippen LogP contribution in [0.5, 0.6) is 0 Å². The van der Waals surface area contributed by atoms with Gasteiger partial charge in [0.25, 0.3) is 0 Å². The number of benzene rings is 1. The van der Waals surface area contributed by atoms with E-state index in [0.717, 1.165) is 5.69 Å². The number of guanidine groups is 1. The SMILES string of the molecule is CC(N=C(N)Nc1ccccc1)C(C)(C)C. The third-order valence-corrected chi connectivity index (χ3v) is 2.63. The third-order valence-electron chi connectivity index (χ3n) is 2.63. The normalized spacial score (nSPS) is 14.6. The van der Waals surface area contributed by atoms with Gasteiger partial charge < -0.3 is 11.1 Å². The molecule has 0 fully saturated rings. The molecule has 0 spiro atoms. The van der Waals surface area contributed by atoms with Crippen LogP contribution in [0.15, 0.2) is 35.3 Å². The minimum absolute atomic E-state index is 0.128. The minimum atomic E-state index is 0.128. The van der Waals surface area contributed by atoms with Crippen molar-refractivity contribution in [2.75, 3.05) is 5.32 Å². The average molecular weight is 219 g/mol. The van der Waals surface area contributed by atoms with E-state index in [2.05, 4.69) is 38.0 Å². The molecule has 0 aromatic heterocycles. The van der Waals surface area contributed by atoms with E-state index < -0.39 is 0 Å². The van der Waals surface area contributed by atoms with Crippen molar-refractivity contribution in [1.29, 1.82) is 0 Å². The van der Waals surface area contributed by atoms with Gasteiger partial charge in [0.05, 0.1) is 6.04 Å². The number of nitrogens with zero attached hydrogens (tertiary/aromatic N) is 1. The van der Waals surface area contributed by atoms with Gasteiger partial charge in [0.1, 0.15) is 0 Å². The lowest BCUT2D eigenvalue weighted by Gasteiger charge is -2.24. The first-order chi connectivity index (χ1) is 7.39. The fourth-order valence-corrected chi connectivity index (χ4v) is 1.10. The summed E-state index contributed by atoms with van der Waals surface area (Å²) in [7, 11) is 0. The van der Waals surface area contributed by atoms with E-state index >= 15 is 0 Å². The molecule has 0 saturated heterocycles. The van der Waals surface area contributed by atoms with Gasteiger partial charge in [0.2, 0.25) is 0 Å². The molecule has 1 unspecified atom stereocenters. The molecule has 16 heavy (non-hydrogen) atoms. The van der Waals surface area contributed by atoms with Crippen LogP contribution in [0.3, 0.4) is 0 Å². The first-order valence-corrected chi connectivity index (χ1v) is 5.55. The second-order valence-electron chi connectivity index (χ2n) is 5.05. The van der Waals surface area contributed by atoms with Crippen molar-refractivity contribution >= 4 is 11.6 Å². The number of nitrogens with two attached hydrogens (primary N) is 1. The van der Waals surface area contributed by atoms with Crippen LogP contribution in [0.25, 0.3) is 0 Å². The molecule has 0 aliphatic carbocycles. The second kappa shape index (κ2) is 5.01. The van der Waals surface area contributed by atoms with Crippen LogP contribution in [0.4, 0.5) is 5.69 Å². The van der Waals surface area contributed by atoms with E-state index in [4.69, 9.17) is 5.73 Å². The Morgan fingerprint density at radius 3 is 2.31 bits per heavy atom. The molecule has 0 bridgehead atoms. The van der Waals surface area contributed by atoms with Crippen molar-refractivity contribution < 1.29 is 0 Å². The van der Waals surface area contributed by atoms with Crippen molar-refractivity contribution in [3.05, 3.63) is 30.3 Å². The molecule has 1 aromatic carbocycles. The highest BCUT2D eigenvalue weighted by Crippen LogP contribution is 2.21. The fourth-order valence-electron chi connectivity index (χ4n) is 1.10. The van der Waals surface area contributed by atoms with Crippen LogP contribution in [0, 0.1) is 5.41 Å². The average Bonchev–Trinajstić information content (AvgIpc) is 2.17. The van der Waals surface area contributed by atoms with Crippen LogP contribution in [0.1, 0.15) is 27.7 Å². The summed E-state index contributed by atoms with van der Waals surface area (Å²) in [6.07, 6.45) is 0. The molecule has 0 amide bonds. The van der Waals surface area contributed by atoms with Crippen molar-refractivity contribution in [3.8, 4) is 0 Å². The van der Waals surface area contributed by atoms with E-state index in [1.165, 1.54) is 0 Å². The summed E-state index contributed by atoms with van der Waals surface area (Å²) in [5, 5.41) is 3.07. The molecular weight excluding hydrogens is 198 g/mol. The van der Waals surface area contributed by atoms with Crippen molar-refractivity contribution in [3.63, 3.8) is 0 Å². The molecular formula is C13H21N3. The zero-order valence-corrected chi connectivity index (χ0v) is 10.5. The summed E-state index contributed by atoms with van der Waals surface area (Å²) in [6.45, 7) is 8.52. The molecule has 3 nitrogen and oxygen atoms in total. The first kappa shape index (κ1) is 12.6. The lowest BCUT2D eigenvalue weighted by atomic mass is 9.89. The molecule has 1 atom stereocenters. The number of hydrogen-bond donors (Lipinski definition) is 2. The van der Waals surface area contributed by atoms with Crippen LogP contribution >= 0.6 is 0 Å². The van der Waals surface area contributed by atoms with Crippen molar-refractivity contribution in [2.45, 2.75) is 33.7 Å². The van der Waals surface area contributed by atoms with E-state index in [9.17, 15) is 0 Å². The predicted octanol–water partition coefficient (Wildman–Crippen LogP) is 2.85. The Labute approximate surface area is 97.8 Å². The molecule has 0 saturated carbocycles. The van der Waals surface area contributed by atoms with E-state index in [-0.39, 0.29) is 11.5 Å². The molecule has 88 valence electrons. The molecule has 1 aromatic rings. The van der Waals surface area contributed by atoms with Gasteiger partial charge in [-0.3, -0.25) is 0 Å². The van der Waals surface area contributed by atoms with E-state index in [1.54, 1.807) is 0 Å². The Hall–Kier alpha value is -1.51. The van der Waals surface area contributed by atoms with Crippen molar-refractivity contribution in [1.82, 2.24) is 0 Å². The largest absolute Gasteiger partial charge is 0.370 e. The highest BCUT2D eigenvalue weighted by atomic mass is 15.1. The highest BCUT2D eigenvalue weighted by molar-refractivity contribution is 5.92. The Kier molecular flexibility index (Phi) is 3.93. The number of nitrogens with one attached hydrogen (secondary N) is 1. The zero-order valence-electron chi connectivity index (χ0n) is 10.5. The quantitative estimate of drug-likeness (QED) is 0.593. The molecule has 0 radical (unpaired) electrons. The maximum Gasteiger partial charge on any atom is 0.193 e. The Balaban J connectivity index is 2.66. The summed E-state index contributed by atoms with van der Waals surface area (Å²) in [4.78, 5) is 4.43. The standard InChI is InChI=1S/C13H21N3/c1-10(13(2,3)4)15-12(14)16-11-8-6-5-7-9-11/h5-10H,1-4H3,(H3,14,15,16). The highest BCUT2D eigenvalue weighted by Gasteiger charge is 2.19. The number of aliphatic imine (C=N–C) groups is 1. The molecule has 0 heterocycles. The lowest BCUT2D eigenvalue weighted by Crippen LogP contribution is -2.29. The Morgan fingerprint density at radius 1 is 1.25 bits per heavy atom. The third kappa shape index (κ3) is 3.93. The Morgan fingerprint density at radius 2 is 1.81 bits per heavy atom. The van der Waals surface area contributed by atoms with Crippen molar-refractivity contribution in [2.24, 2.45) is 16.1 Å². The lowest BCUT2D eigenvalue weighted by molar-refractivity contribution is 0.341. The molecule has 3 heteroatoms. The van der Waals surface area contributed by atoms with Gasteiger partial charge >= 0.3 is 0 Å². The monoisotopic (exact) mass is 219 g/mol. The van der Waals surface area contributed by atoms with Gasteiger partial charge in [0.15, 0.2) is 5.96 Å². The second-order valence-corrected chi connectivity index (χ2v) is 5.05. The van der Waals surface area contributed by atoms with Crippen LogP contribution in [0.2, 0.25) is 0 Å². The minimum Gasteiger partial charge on any atom is -0.370 e. The molecule has 3 N–H and O–H groups in total. The summed E-state index contributed by atoms with van der Waals surface area (Å²) in [6, 6.07) is 10.00. The van der Waals surface area contributed by atoms with Crippen LogP contribution in [-0.2, 0) is 0 Å². The fraction of sp³-hybridized carbons (Fsp3) is 0.462. The van der Waals surface area contributed by atoms with Gasteiger partial charge in [0, 0.05) is 5.69 Å². The predicted molar refractivity (Wildman–Crippen MR) is 70.6 cm³/mol. The van der Waals surface area contributed by atoms with E-state index in [0.29, 0.717) is 5.96 Å². The summed E-state index contributed by atoms with van der Waals surface area (Å²) in [5.74, 6) is 0.466. The van der Waals surface area contributed by atoms with Gasteiger partial charge in [-0.25, -0.2) is 4.99 Å². The van der Waals surface area contributed by atoms with Gasteiger partial charge in [-0.1, -0.05) is 39.0 Å². The maximum atomic E-state index is 5.84. The van der Waals surface area contributed by atoms with E-state index in [1.807, 2.05) is 30.3 Å². The number of rotatable bonds is 2. The number of hydrogen-bond acceptors (Lipinski definition) is 1. The summed E-state index contributed by atoms with van der Waals surface area (Å²) < 4.78 is 0. The smallest absolute Gasteiger partial charge is 0.193 e. The van der Waals surface area contributed by atoms with Crippen LogP contribution in [-0.4, -0.2) is 12.0 Å². The number of para-hydroxylation sites is 1. The van der Waals surface area contributed by atoms with Gasteiger partial charge in [-0.2, -0.15) is 0 Å². The summed E-state index contributed by atoms with van der Waals surface area (Å²) in [5.41, 5.74) is 6.93. The molecule has 0 aliphatic heterocycles.